The smallest absolute Gasteiger partial charge is 0.244 e. The van der Waals surface area contributed by atoms with Crippen LogP contribution in [0, 0.1) is 0 Å². The van der Waals surface area contributed by atoms with E-state index in [1.807, 2.05) is 60.2 Å². The SMILES string of the molecule is CCOc1ccccc1/C=C/C(=O)NCc1ccccc1Cn1ccnc1. The van der Waals surface area contributed by atoms with Crippen molar-refractivity contribution in [1.82, 2.24) is 14.9 Å². The van der Waals surface area contributed by atoms with Crippen molar-refractivity contribution in [3.8, 4) is 5.75 Å². The van der Waals surface area contributed by atoms with E-state index in [0.29, 0.717) is 13.2 Å². The van der Waals surface area contributed by atoms with Crippen molar-refractivity contribution in [3.05, 3.63) is 90.0 Å². The lowest BCUT2D eigenvalue weighted by molar-refractivity contribution is -0.116. The molecule has 0 fully saturated rings. The molecule has 0 unspecified atom stereocenters. The molecule has 0 aliphatic rings. The van der Waals surface area contributed by atoms with Crippen LogP contribution in [0.1, 0.15) is 23.6 Å². The van der Waals surface area contributed by atoms with E-state index >= 15 is 0 Å². The first-order chi connectivity index (χ1) is 13.3. The molecule has 3 rings (SSSR count). The van der Waals surface area contributed by atoms with Gasteiger partial charge in [-0.2, -0.15) is 0 Å². The van der Waals surface area contributed by atoms with E-state index in [2.05, 4.69) is 16.4 Å². The molecule has 0 radical (unpaired) electrons. The van der Waals surface area contributed by atoms with E-state index in [1.165, 1.54) is 6.08 Å². The monoisotopic (exact) mass is 361 g/mol. The molecule has 1 aromatic heterocycles. The zero-order valence-corrected chi connectivity index (χ0v) is 15.3. The molecule has 1 amide bonds. The number of amides is 1. The van der Waals surface area contributed by atoms with Crippen LogP contribution in [0.4, 0.5) is 0 Å². The topological polar surface area (TPSA) is 56.1 Å². The van der Waals surface area contributed by atoms with Crippen molar-refractivity contribution in [3.63, 3.8) is 0 Å². The molecule has 0 spiro atoms. The maximum Gasteiger partial charge on any atom is 0.244 e. The van der Waals surface area contributed by atoms with Crippen LogP contribution < -0.4 is 10.1 Å². The normalized spacial score (nSPS) is 10.9. The van der Waals surface area contributed by atoms with Gasteiger partial charge in [-0.25, -0.2) is 4.98 Å². The summed E-state index contributed by atoms with van der Waals surface area (Å²) in [5.74, 6) is 0.633. The van der Waals surface area contributed by atoms with Gasteiger partial charge in [-0.15, -0.1) is 0 Å². The lowest BCUT2D eigenvalue weighted by Crippen LogP contribution is -2.21. The van der Waals surface area contributed by atoms with Gasteiger partial charge < -0.3 is 14.6 Å². The number of carbonyl (C=O) groups is 1. The van der Waals surface area contributed by atoms with Crippen LogP contribution in [0.3, 0.4) is 0 Å². The maximum absolute atomic E-state index is 12.2. The number of nitrogens with zero attached hydrogens (tertiary/aromatic N) is 2. The molecular formula is C22H23N3O2. The molecule has 0 saturated carbocycles. The number of ether oxygens (including phenoxy) is 1. The summed E-state index contributed by atoms with van der Waals surface area (Å²) >= 11 is 0. The van der Waals surface area contributed by atoms with Crippen molar-refractivity contribution in [2.45, 2.75) is 20.0 Å². The fraction of sp³-hybridized carbons (Fsp3) is 0.182. The second kappa shape index (κ2) is 9.38. The number of nitrogens with one attached hydrogen (secondary N) is 1. The first-order valence-electron chi connectivity index (χ1n) is 8.96. The highest BCUT2D eigenvalue weighted by molar-refractivity contribution is 5.92. The molecular weight excluding hydrogens is 338 g/mol. The highest BCUT2D eigenvalue weighted by Gasteiger charge is 2.05. The number of hydrogen-bond acceptors (Lipinski definition) is 3. The van der Waals surface area contributed by atoms with Crippen LogP contribution in [-0.4, -0.2) is 22.1 Å². The summed E-state index contributed by atoms with van der Waals surface area (Å²) in [4.78, 5) is 16.3. The zero-order valence-electron chi connectivity index (χ0n) is 15.3. The lowest BCUT2D eigenvalue weighted by Gasteiger charge is -2.10. The molecule has 0 bridgehead atoms. The van der Waals surface area contributed by atoms with E-state index in [-0.39, 0.29) is 5.91 Å². The van der Waals surface area contributed by atoms with Crippen molar-refractivity contribution >= 4 is 12.0 Å². The molecule has 0 aliphatic carbocycles. The number of benzene rings is 2. The Morgan fingerprint density at radius 1 is 1.15 bits per heavy atom. The predicted molar refractivity (Wildman–Crippen MR) is 106 cm³/mol. The van der Waals surface area contributed by atoms with Crippen LogP contribution in [0.5, 0.6) is 5.75 Å². The summed E-state index contributed by atoms with van der Waals surface area (Å²) < 4.78 is 7.58. The van der Waals surface area contributed by atoms with Gasteiger partial charge in [-0.05, 0) is 30.2 Å². The molecule has 1 N–H and O–H groups in total. The largest absolute Gasteiger partial charge is 0.493 e. The van der Waals surface area contributed by atoms with Gasteiger partial charge in [0.1, 0.15) is 5.75 Å². The number of carbonyl (C=O) groups excluding carboxylic acids is 1. The van der Waals surface area contributed by atoms with Gasteiger partial charge in [0.2, 0.25) is 5.91 Å². The van der Waals surface area contributed by atoms with Gasteiger partial charge >= 0.3 is 0 Å². The highest BCUT2D eigenvalue weighted by Crippen LogP contribution is 2.19. The van der Waals surface area contributed by atoms with Crippen molar-refractivity contribution in [1.29, 1.82) is 0 Å². The van der Waals surface area contributed by atoms with Crippen molar-refractivity contribution in [2.75, 3.05) is 6.61 Å². The van der Waals surface area contributed by atoms with Crippen LogP contribution in [0.25, 0.3) is 6.08 Å². The molecule has 2 aromatic carbocycles. The van der Waals surface area contributed by atoms with E-state index in [0.717, 1.165) is 29.0 Å². The highest BCUT2D eigenvalue weighted by atomic mass is 16.5. The average Bonchev–Trinajstić information content (AvgIpc) is 3.20. The maximum atomic E-state index is 12.2. The minimum absolute atomic E-state index is 0.140. The first-order valence-corrected chi connectivity index (χ1v) is 8.96. The van der Waals surface area contributed by atoms with Crippen LogP contribution in [0.2, 0.25) is 0 Å². The Morgan fingerprint density at radius 3 is 2.70 bits per heavy atom. The summed E-state index contributed by atoms with van der Waals surface area (Å²) in [5, 5.41) is 2.95. The number of imidazole rings is 1. The lowest BCUT2D eigenvalue weighted by atomic mass is 10.1. The first kappa shape index (κ1) is 18.5. The Hall–Kier alpha value is -3.34. The van der Waals surface area contributed by atoms with Gasteiger partial charge in [0.15, 0.2) is 0 Å². The summed E-state index contributed by atoms with van der Waals surface area (Å²) in [5.41, 5.74) is 3.12. The zero-order chi connectivity index (χ0) is 18.9. The third-order valence-corrected chi connectivity index (χ3v) is 4.12. The van der Waals surface area contributed by atoms with Crippen LogP contribution in [0.15, 0.2) is 73.3 Å². The molecule has 5 heteroatoms. The molecule has 0 saturated heterocycles. The minimum atomic E-state index is -0.140. The third kappa shape index (κ3) is 5.31. The molecule has 0 aliphatic heterocycles. The van der Waals surface area contributed by atoms with Gasteiger partial charge in [0, 0.05) is 37.1 Å². The van der Waals surface area contributed by atoms with E-state index < -0.39 is 0 Å². The fourth-order valence-corrected chi connectivity index (χ4v) is 2.77. The molecule has 5 nitrogen and oxygen atoms in total. The number of para-hydroxylation sites is 1. The Kier molecular flexibility index (Phi) is 6.41. The standard InChI is InChI=1S/C22H23N3O2/c1-2-27-21-10-6-5-7-18(21)11-12-22(26)24-15-19-8-3-4-9-20(19)16-25-14-13-23-17-25/h3-14,17H,2,15-16H2,1H3,(H,24,26)/b12-11+. The molecule has 138 valence electrons. The Balaban J connectivity index is 1.61. The second-order valence-corrected chi connectivity index (χ2v) is 6.03. The van der Waals surface area contributed by atoms with Crippen LogP contribution >= 0.6 is 0 Å². The van der Waals surface area contributed by atoms with Gasteiger partial charge in [0.05, 0.1) is 12.9 Å². The summed E-state index contributed by atoms with van der Waals surface area (Å²) in [6, 6.07) is 15.7. The number of rotatable bonds is 8. The molecule has 3 aromatic rings. The van der Waals surface area contributed by atoms with E-state index in [4.69, 9.17) is 4.74 Å². The summed E-state index contributed by atoms with van der Waals surface area (Å²) in [6.07, 6.45) is 8.78. The van der Waals surface area contributed by atoms with E-state index in [9.17, 15) is 4.79 Å². The van der Waals surface area contributed by atoms with Crippen LogP contribution in [-0.2, 0) is 17.9 Å². The number of aromatic nitrogens is 2. The van der Waals surface area contributed by atoms with E-state index in [1.54, 1.807) is 18.6 Å². The molecule has 1 heterocycles. The summed E-state index contributed by atoms with van der Waals surface area (Å²) in [6.45, 7) is 3.73. The van der Waals surface area contributed by atoms with Crippen molar-refractivity contribution < 1.29 is 9.53 Å². The minimum Gasteiger partial charge on any atom is -0.493 e. The molecule has 27 heavy (non-hydrogen) atoms. The van der Waals surface area contributed by atoms with Gasteiger partial charge in [0.25, 0.3) is 0 Å². The second-order valence-electron chi connectivity index (χ2n) is 6.03. The van der Waals surface area contributed by atoms with Gasteiger partial charge in [-0.3, -0.25) is 4.79 Å². The van der Waals surface area contributed by atoms with Crippen molar-refractivity contribution in [2.24, 2.45) is 0 Å². The average molecular weight is 361 g/mol. The predicted octanol–water partition coefficient (Wildman–Crippen LogP) is 3.66. The Morgan fingerprint density at radius 2 is 1.93 bits per heavy atom. The molecule has 0 atom stereocenters. The fourth-order valence-electron chi connectivity index (χ4n) is 2.77. The summed E-state index contributed by atoms with van der Waals surface area (Å²) in [7, 11) is 0. The Bertz CT molecular complexity index is 901. The third-order valence-electron chi connectivity index (χ3n) is 4.12. The Labute approximate surface area is 159 Å². The number of hydrogen-bond donors (Lipinski definition) is 1. The quantitative estimate of drug-likeness (QED) is 0.623. The van der Waals surface area contributed by atoms with Gasteiger partial charge in [-0.1, -0.05) is 42.5 Å².